The monoisotopic (exact) mass is 156 g/mol. The first-order valence-corrected chi connectivity index (χ1v) is 3.51. The van der Waals surface area contributed by atoms with E-state index in [1.807, 2.05) is 19.9 Å². The van der Waals surface area contributed by atoms with Crippen molar-refractivity contribution in [3.05, 3.63) is 29.1 Å². The molecule has 0 saturated heterocycles. The molecule has 0 amide bonds. The lowest BCUT2D eigenvalue weighted by Crippen LogP contribution is -1.84. The molecular weight excluding hydrogens is 147 g/mol. The van der Waals surface area contributed by atoms with Crippen molar-refractivity contribution in [2.45, 2.75) is 18.7 Å². The summed E-state index contributed by atoms with van der Waals surface area (Å²) in [6.45, 7) is 3.71. The zero-order chi connectivity index (χ0) is 7.72. The van der Waals surface area contributed by atoms with Crippen molar-refractivity contribution >= 4 is 12.6 Å². The molecule has 0 spiro atoms. The van der Waals surface area contributed by atoms with Crippen LogP contribution in [0.25, 0.3) is 0 Å². The molecule has 0 radical (unpaired) electrons. The van der Waals surface area contributed by atoms with Crippen molar-refractivity contribution in [2.24, 2.45) is 0 Å². The highest BCUT2D eigenvalue weighted by Crippen LogP contribution is 2.18. The van der Waals surface area contributed by atoms with Crippen molar-refractivity contribution in [3.63, 3.8) is 0 Å². The first-order valence-electron chi connectivity index (χ1n) is 3.07. The van der Waals surface area contributed by atoms with Gasteiger partial charge in [-0.1, -0.05) is 6.07 Å². The van der Waals surface area contributed by atoms with Gasteiger partial charge < -0.3 is 0 Å². The van der Waals surface area contributed by atoms with Gasteiger partial charge in [0.25, 0.3) is 0 Å². The molecule has 0 aliphatic rings. The van der Waals surface area contributed by atoms with E-state index in [0.717, 1.165) is 11.1 Å². The van der Waals surface area contributed by atoms with Gasteiger partial charge in [-0.2, -0.15) is 0 Å². The molecule has 1 aromatic carbocycles. The summed E-state index contributed by atoms with van der Waals surface area (Å²) in [5.74, 6) is -0.235. The third kappa shape index (κ3) is 1.32. The van der Waals surface area contributed by atoms with Crippen molar-refractivity contribution in [1.29, 1.82) is 0 Å². The minimum Gasteiger partial charge on any atom is -0.206 e. The molecule has 1 rings (SSSR count). The summed E-state index contributed by atoms with van der Waals surface area (Å²) in [4.78, 5) is 0.450. The summed E-state index contributed by atoms with van der Waals surface area (Å²) in [6.07, 6.45) is 0. The lowest BCUT2D eigenvalue weighted by Gasteiger charge is -2.00. The highest BCUT2D eigenvalue weighted by molar-refractivity contribution is 7.80. The molecule has 0 heterocycles. The number of rotatable bonds is 0. The first kappa shape index (κ1) is 7.61. The predicted octanol–water partition coefficient (Wildman–Crippen LogP) is 2.73. The summed E-state index contributed by atoms with van der Waals surface area (Å²) >= 11 is 3.98. The molecular formula is C8H9FS. The van der Waals surface area contributed by atoms with Gasteiger partial charge >= 0.3 is 0 Å². The summed E-state index contributed by atoms with van der Waals surface area (Å²) in [5.41, 5.74) is 1.83. The van der Waals surface area contributed by atoms with Crippen LogP contribution in [0, 0.1) is 19.7 Å². The number of thiol groups is 1. The molecule has 0 aromatic heterocycles. The fourth-order valence-electron chi connectivity index (χ4n) is 0.908. The minimum absolute atomic E-state index is 0.235. The first-order chi connectivity index (χ1) is 4.61. The molecule has 2 heteroatoms. The van der Waals surface area contributed by atoms with E-state index >= 15 is 0 Å². The lowest BCUT2D eigenvalue weighted by atomic mass is 10.1. The van der Waals surface area contributed by atoms with Crippen LogP contribution in [0.5, 0.6) is 0 Å². The summed E-state index contributed by atoms with van der Waals surface area (Å²) in [5, 5.41) is 0. The van der Waals surface area contributed by atoms with Crippen molar-refractivity contribution in [1.82, 2.24) is 0 Å². The van der Waals surface area contributed by atoms with E-state index < -0.39 is 0 Å². The van der Waals surface area contributed by atoms with Gasteiger partial charge in [-0.3, -0.25) is 0 Å². The van der Waals surface area contributed by atoms with E-state index in [1.165, 1.54) is 6.07 Å². The van der Waals surface area contributed by atoms with E-state index in [4.69, 9.17) is 0 Å². The van der Waals surface area contributed by atoms with E-state index in [1.54, 1.807) is 0 Å². The molecule has 0 aliphatic carbocycles. The second kappa shape index (κ2) is 2.62. The maximum atomic E-state index is 12.8. The van der Waals surface area contributed by atoms with Gasteiger partial charge in [0.1, 0.15) is 5.82 Å². The molecule has 1 aromatic rings. The van der Waals surface area contributed by atoms with Crippen molar-refractivity contribution < 1.29 is 4.39 Å². The largest absolute Gasteiger partial charge is 0.206 e. The van der Waals surface area contributed by atoms with Crippen LogP contribution in [0.3, 0.4) is 0 Å². The second-order valence-electron chi connectivity index (χ2n) is 2.41. The molecule has 0 bridgehead atoms. The SMILES string of the molecule is Cc1cc(C)c(S)c(F)c1. The Morgan fingerprint density at radius 2 is 1.90 bits per heavy atom. The zero-order valence-electron chi connectivity index (χ0n) is 5.98. The third-order valence-corrected chi connectivity index (χ3v) is 1.96. The average Bonchev–Trinajstić information content (AvgIpc) is 1.82. The van der Waals surface area contributed by atoms with Crippen LogP contribution >= 0.6 is 12.6 Å². The molecule has 54 valence electrons. The number of halogens is 1. The Balaban J connectivity index is 3.31. The predicted molar refractivity (Wildman–Crippen MR) is 43.1 cm³/mol. The maximum Gasteiger partial charge on any atom is 0.137 e. The van der Waals surface area contributed by atoms with Gasteiger partial charge in [0.2, 0.25) is 0 Å². The second-order valence-corrected chi connectivity index (χ2v) is 2.86. The Morgan fingerprint density at radius 1 is 1.30 bits per heavy atom. The van der Waals surface area contributed by atoms with Gasteiger partial charge in [-0.05, 0) is 31.0 Å². The molecule has 0 fully saturated rings. The Morgan fingerprint density at radius 3 is 2.40 bits per heavy atom. The molecule has 0 aliphatic heterocycles. The van der Waals surface area contributed by atoms with Crippen LogP contribution in [-0.4, -0.2) is 0 Å². The van der Waals surface area contributed by atoms with Crippen LogP contribution in [0.15, 0.2) is 17.0 Å². The normalized spacial score (nSPS) is 10.0. The van der Waals surface area contributed by atoms with Gasteiger partial charge in [0, 0.05) is 4.90 Å². The molecule has 0 N–H and O–H groups in total. The number of aryl methyl sites for hydroxylation is 2. The minimum atomic E-state index is -0.235. The van der Waals surface area contributed by atoms with E-state index in [9.17, 15) is 4.39 Å². The Labute approximate surface area is 65.5 Å². The number of hydrogen-bond donors (Lipinski definition) is 1. The van der Waals surface area contributed by atoms with Crippen LogP contribution in [-0.2, 0) is 0 Å². The van der Waals surface area contributed by atoms with Gasteiger partial charge in [-0.25, -0.2) is 4.39 Å². The van der Waals surface area contributed by atoms with Crippen LogP contribution in [0.1, 0.15) is 11.1 Å². The zero-order valence-corrected chi connectivity index (χ0v) is 6.87. The summed E-state index contributed by atoms with van der Waals surface area (Å²) < 4.78 is 12.8. The standard InChI is InChI=1S/C8H9FS/c1-5-3-6(2)8(10)7(9)4-5/h3-4,10H,1-2H3. The smallest absolute Gasteiger partial charge is 0.137 e. The Hall–Kier alpha value is -0.500. The van der Waals surface area contributed by atoms with Gasteiger partial charge in [0.05, 0.1) is 0 Å². The average molecular weight is 156 g/mol. The van der Waals surface area contributed by atoms with E-state index in [0.29, 0.717) is 4.90 Å². The van der Waals surface area contributed by atoms with Gasteiger partial charge in [0.15, 0.2) is 0 Å². The Bertz CT molecular complexity index is 232. The molecule has 0 nitrogen and oxygen atoms in total. The summed E-state index contributed by atoms with van der Waals surface area (Å²) in [7, 11) is 0. The topological polar surface area (TPSA) is 0 Å². The van der Waals surface area contributed by atoms with Gasteiger partial charge in [-0.15, -0.1) is 12.6 Å². The van der Waals surface area contributed by atoms with Crippen molar-refractivity contribution in [2.75, 3.05) is 0 Å². The third-order valence-electron chi connectivity index (χ3n) is 1.40. The number of benzene rings is 1. The van der Waals surface area contributed by atoms with E-state index in [-0.39, 0.29) is 5.82 Å². The van der Waals surface area contributed by atoms with Crippen LogP contribution in [0.2, 0.25) is 0 Å². The molecule has 0 atom stereocenters. The quantitative estimate of drug-likeness (QED) is 0.548. The number of hydrogen-bond acceptors (Lipinski definition) is 1. The maximum absolute atomic E-state index is 12.8. The van der Waals surface area contributed by atoms with Crippen LogP contribution < -0.4 is 0 Å². The summed E-state index contributed by atoms with van der Waals surface area (Å²) in [6, 6.07) is 3.39. The highest BCUT2D eigenvalue weighted by Gasteiger charge is 2.00. The lowest BCUT2D eigenvalue weighted by molar-refractivity contribution is 0.599. The molecule has 0 unspecified atom stereocenters. The van der Waals surface area contributed by atoms with E-state index in [2.05, 4.69) is 12.6 Å². The Kier molecular flexibility index (Phi) is 2.00. The molecule has 0 saturated carbocycles. The fraction of sp³-hybridized carbons (Fsp3) is 0.250. The van der Waals surface area contributed by atoms with Crippen LogP contribution in [0.4, 0.5) is 4.39 Å². The molecule has 10 heavy (non-hydrogen) atoms. The fourth-order valence-corrected chi connectivity index (χ4v) is 1.04. The van der Waals surface area contributed by atoms with Crippen molar-refractivity contribution in [3.8, 4) is 0 Å². The highest BCUT2D eigenvalue weighted by atomic mass is 32.1.